The molecule has 2 N–H and O–H groups in total. The lowest BCUT2D eigenvalue weighted by atomic mass is 10.1. The minimum absolute atomic E-state index is 0.137. The van der Waals surface area contributed by atoms with E-state index in [2.05, 4.69) is 11.9 Å². The van der Waals surface area contributed by atoms with E-state index in [0.717, 1.165) is 0 Å². The molecule has 126 valence electrons. The number of hydrogen-bond acceptors (Lipinski definition) is 5. The van der Waals surface area contributed by atoms with Crippen molar-refractivity contribution in [1.82, 2.24) is 0 Å². The van der Waals surface area contributed by atoms with Crippen LogP contribution in [0.2, 0.25) is 5.02 Å². The number of rotatable bonds is 8. The summed E-state index contributed by atoms with van der Waals surface area (Å²) in [5.74, 6) is -1.49. The van der Waals surface area contributed by atoms with Gasteiger partial charge in [0, 0.05) is 23.9 Å². The van der Waals surface area contributed by atoms with Gasteiger partial charge in [0.25, 0.3) is 5.69 Å². The Morgan fingerprint density at radius 1 is 1.42 bits per heavy atom. The van der Waals surface area contributed by atoms with Gasteiger partial charge in [-0.3, -0.25) is 19.7 Å². The fourth-order valence-corrected chi connectivity index (χ4v) is 1.98. The second-order valence-corrected chi connectivity index (χ2v) is 5.18. The number of nitrogens with one attached hydrogen (secondary N) is 1. The van der Waals surface area contributed by atoms with Crippen molar-refractivity contribution in [3.8, 4) is 0 Å². The number of carboxylic acid groups (broad SMARTS) is 1. The van der Waals surface area contributed by atoms with E-state index in [4.69, 9.17) is 16.7 Å². The van der Waals surface area contributed by atoms with E-state index in [1.807, 2.05) is 0 Å². The molecule has 1 aromatic rings. The number of benzene rings is 1. The van der Waals surface area contributed by atoms with E-state index in [-0.39, 0.29) is 22.7 Å². The summed E-state index contributed by atoms with van der Waals surface area (Å²) in [5, 5.41) is 22.4. The van der Waals surface area contributed by atoms with Crippen molar-refractivity contribution in [3.05, 3.63) is 69.4 Å². The molecule has 24 heavy (non-hydrogen) atoms. The zero-order valence-corrected chi connectivity index (χ0v) is 13.5. The van der Waals surface area contributed by atoms with Crippen LogP contribution in [0, 0.1) is 10.1 Å². The molecule has 0 aliphatic carbocycles. The van der Waals surface area contributed by atoms with Crippen LogP contribution in [0.3, 0.4) is 0 Å². The molecule has 0 saturated heterocycles. The first-order valence-electron chi connectivity index (χ1n) is 6.71. The smallest absolute Gasteiger partial charge is 0.307 e. The molecule has 0 aliphatic rings. The minimum Gasteiger partial charge on any atom is -0.481 e. The molecule has 0 saturated carbocycles. The number of aliphatic carboxylic acids is 1. The Hall–Kier alpha value is -2.93. The van der Waals surface area contributed by atoms with E-state index in [1.54, 1.807) is 6.92 Å². The van der Waals surface area contributed by atoms with Gasteiger partial charge in [0.2, 0.25) is 0 Å². The molecule has 0 atom stereocenters. The normalized spacial score (nSPS) is 11.8. The van der Waals surface area contributed by atoms with E-state index < -0.39 is 16.7 Å². The molecule has 0 unspecified atom stereocenters. The third-order valence-electron chi connectivity index (χ3n) is 2.80. The van der Waals surface area contributed by atoms with E-state index in [0.29, 0.717) is 11.4 Å². The summed E-state index contributed by atoms with van der Waals surface area (Å²) < 4.78 is 0. The third kappa shape index (κ3) is 6.05. The average Bonchev–Trinajstić information content (AvgIpc) is 2.47. The van der Waals surface area contributed by atoms with Gasteiger partial charge >= 0.3 is 5.97 Å². The van der Waals surface area contributed by atoms with Crippen molar-refractivity contribution in [2.24, 2.45) is 0 Å². The number of allylic oxidation sites excluding steroid dienone is 4. The molecule has 0 bridgehead atoms. The Kier molecular flexibility index (Phi) is 6.88. The van der Waals surface area contributed by atoms with Crippen molar-refractivity contribution in [1.29, 1.82) is 0 Å². The van der Waals surface area contributed by atoms with Gasteiger partial charge in [-0.25, -0.2) is 0 Å². The standard InChI is InChI=1S/C16H15ClN2O5/c1-3-11(8-16(21)22)7-13(20)6-10(2)18-15-5-4-12(19(23)24)9-14(15)17/h3-7,9,18H,1,8H2,2H3,(H,21,22)/b10-6+,11-7+. The Morgan fingerprint density at radius 2 is 2.08 bits per heavy atom. The Balaban J connectivity index is 2.88. The molecule has 0 fully saturated rings. The second kappa shape index (κ2) is 8.64. The van der Waals surface area contributed by atoms with Crippen LogP contribution in [-0.4, -0.2) is 21.8 Å². The van der Waals surface area contributed by atoms with Crippen LogP contribution in [-0.2, 0) is 9.59 Å². The Morgan fingerprint density at radius 3 is 2.58 bits per heavy atom. The van der Waals surface area contributed by atoms with Crippen LogP contribution in [0.1, 0.15) is 13.3 Å². The number of nitro benzene ring substituents is 1. The summed E-state index contributed by atoms with van der Waals surface area (Å²) in [7, 11) is 0. The van der Waals surface area contributed by atoms with Gasteiger partial charge in [0.1, 0.15) is 0 Å². The summed E-state index contributed by atoms with van der Waals surface area (Å²) in [4.78, 5) is 32.6. The molecule has 1 rings (SSSR count). The highest BCUT2D eigenvalue weighted by molar-refractivity contribution is 6.33. The summed E-state index contributed by atoms with van der Waals surface area (Å²) in [6.45, 7) is 5.06. The molecule has 8 heteroatoms. The lowest BCUT2D eigenvalue weighted by Gasteiger charge is -2.08. The molecule has 1 aromatic carbocycles. The van der Waals surface area contributed by atoms with Crippen molar-refractivity contribution in [2.75, 3.05) is 5.32 Å². The van der Waals surface area contributed by atoms with Crippen molar-refractivity contribution in [2.45, 2.75) is 13.3 Å². The van der Waals surface area contributed by atoms with Gasteiger partial charge in [-0.05, 0) is 24.6 Å². The average molecular weight is 351 g/mol. The first-order chi connectivity index (χ1) is 11.2. The lowest BCUT2D eigenvalue weighted by Crippen LogP contribution is -2.02. The topological polar surface area (TPSA) is 110 Å². The molecule has 0 heterocycles. The third-order valence-corrected chi connectivity index (χ3v) is 3.11. The van der Waals surface area contributed by atoms with Gasteiger partial charge in [-0.2, -0.15) is 0 Å². The quantitative estimate of drug-likeness (QED) is 0.320. The molecule has 7 nitrogen and oxygen atoms in total. The molecule has 0 aliphatic heterocycles. The summed E-state index contributed by atoms with van der Waals surface area (Å²) in [6, 6.07) is 3.91. The lowest BCUT2D eigenvalue weighted by molar-refractivity contribution is -0.384. The highest BCUT2D eigenvalue weighted by Gasteiger charge is 2.09. The number of nitrogens with zero attached hydrogens (tertiary/aromatic N) is 1. The number of ketones is 1. The maximum absolute atomic E-state index is 11.9. The first kappa shape index (κ1) is 19.1. The minimum atomic E-state index is -1.06. The predicted molar refractivity (Wildman–Crippen MR) is 91.0 cm³/mol. The van der Waals surface area contributed by atoms with E-state index in [1.165, 1.54) is 36.4 Å². The van der Waals surface area contributed by atoms with Crippen LogP contribution in [0.15, 0.2) is 54.3 Å². The number of nitro groups is 1. The predicted octanol–water partition coefficient (Wildman–Crippen LogP) is 3.72. The molecular weight excluding hydrogens is 336 g/mol. The first-order valence-corrected chi connectivity index (χ1v) is 7.08. The highest BCUT2D eigenvalue weighted by atomic mass is 35.5. The molecule has 0 amide bonds. The largest absolute Gasteiger partial charge is 0.481 e. The Bertz CT molecular complexity index is 753. The number of anilines is 1. The zero-order chi connectivity index (χ0) is 18.3. The monoisotopic (exact) mass is 350 g/mol. The highest BCUT2D eigenvalue weighted by Crippen LogP contribution is 2.27. The van der Waals surface area contributed by atoms with Crippen LogP contribution in [0.5, 0.6) is 0 Å². The number of hydrogen-bond donors (Lipinski definition) is 2. The number of non-ortho nitro benzene ring substituents is 1. The fourth-order valence-electron chi connectivity index (χ4n) is 1.76. The number of carbonyl (C=O) groups excluding carboxylic acids is 1. The number of carboxylic acids is 1. The van der Waals surface area contributed by atoms with Crippen LogP contribution in [0.25, 0.3) is 0 Å². The van der Waals surface area contributed by atoms with E-state index in [9.17, 15) is 19.7 Å². The van der Waals surface area contributed by atoms with Crippen molar-refractivity contribution < 1.29 is 19.6 Å². The molecular formula is C16H15ClN2O5. The van der Waals surface area contributed by atoms with Gasteiger partial charge < -0.3 is 10.4 Å². The van der Waals surface area contributed by atoms with Gasteiger partial charge in [-0.15, -0.1) is 0 Å². The van der Waals surface area contributed by atoms with Gasteiger partial charge in [-0.1, -0.05) is 24.3 Å². The van der Waals surface area contributed by atoms with Crippen LogP contribution >= 0.6 is 11.6 Å². The molecule has 0 radical (unpaired) electrons. The Labute approximate surface area is 143 Å². The molecule has 0 aromatic heterocycles. The van der Waals surface area contributed by atoms with Crippen LogP contribution in [0.4, 0.5) is 11.4 Å². The summed E-state index contributed by atoms with van der Waals surface area (Å²) in [6.07, 6.45) is 3.42. The van der Waals surface area contributed by atoms with Crippen molar-refractivity contribution in [3.63, 3.8) is 0 Å². The number of carbonyl (C=O) groups is 2. The molecule has 0 spiro atoms. The maximum Gasteiger partial charge on any atom is 0.307 e. The summed E-state index contributed by atoms with van der Waals surface area (Å²) in [5.41, 5.74) is 0.980. The fraction of sp³-hybridized carbons (Fsp3) is 0.125. The summed E-state index contributed by atoms with van der Waals surface area (Å²) >= 11 is 5.95. The van der Waals surface area contributed by atoms with Crippen LogP contribution < -0.4 is 5.32 Å². The second-order valence-electron chi connectivity index (χ2n) is 4.77. The number of halogens is 1. The van der Waals surface area contributed by atoms with E-state index >= 15 is 0 Å². The zero-order valence-electron chi connectivity index (χ0n) is 12.8. The van der Waals surface area contributed by atoms with Gasteiger partial charge in [0.05, 0.1) is 22.1 Å². The SMILES string of the molecule is C=C/C(=C\C(=O)/C=C(\C)Nc1ccc([N+](=O)[O-])cc1Cl)CC(=O)O. The maximum atomic E-state index is 11.9. The van der Waals surface area contributed by atoms with Crippen molar-refractivity contribution >= 4 is 34.7 Å². The van der Waals surface area contributed by atoms with Gasteiger partial charge in [0.15, 0.2) is 5.78 Å².